The number of allylic oxidation sites excluding steroid dienone is 4. The van der Waals surface area contributed by atoms with E-state index in [1.807, 2.05) is 0 Å². The SMILES string of the molecule is Cn1c(=O)n2n(c1=O)[C@H]1CC[C@@H]2C2=C1[C@]1(Cl)C(Cl)=C(Cl)[C@@]2(Cl)C1(Cl)Cl. The number of hydrogen-bond acceptors (Lipinski definition) is 2. The van der Waals surface area contributed by atoms with E-state index < -0.39 is 37.5 Å². The lowest BCUT2D eigenvalue weighted by Gasteiger charge is -2.45. The lowest BCUT2D eigenvalue weighted by atomic mass is 9.77. The Kier molecular flexibility index (Phi) is 3.08. The van der Waals surface area contributed by atoms with Crippen LogP contribution < -0.4 is 11.4 Å². The normalized spacial score (nSPS) is 40.1. The van der Waals surface area contributed by atoms with Crippen molar-refractivity contribution in [1.29, 1.82) is 0 Å². The van der Waals surface area contributed by atoms with Gasteiger partial charge in [0.1, 0.15) is 9.75 Å². The molecular weight excluding hydrogens is 455 g/mol. The molecule has 2 aliphatic heterocycles. The van der Waals surface area contributed by atoms with Crippen LogP contribution in [0.5, 0.6) is 0 Å². The number of hydrogen-bond donors (Lipinski definition) is 0. The van der Waals surface area contributed by atoms with Gasteiger partial charge in [-0.2, -0.15) is 0 Å². The maximum Gasteiger partial charge on any atom is 0.347 e. The smallest absolute Gasteiger partial charge is 0.246 e. The van der Waals surface area contributed by atoms with Gasteiger partial charge >= 0.3 is 11.4 Å². The molecule has 0 radical (unpaired) electrons. The molecule has 11 heteroatoms. The molecule has 5 aliphatic rings. The highest BCUT2D eigenvalue weighted by atomic mass is 35.5. The van der Waals surface area contributed by atoms with Crippen molar-refractivity contribution in [2.45, 2.75) is 39.0 Å². The number of nitrogens with zero attached hydrogens (tertiary/aromatic N) is 3. The molecule has 0 unspecified atom stereocenters. The van der Waals surface area contributed by atoms with E-state index >= 15 is 0 Å². The number of alkyl halides is 4. The molecule has 0 spiro atoms. The van der Waals surface area contributed by atoms with Crippen molar-refractivity contribution in [2.75, 3.05) is 0 Å². The zero-order valence-electron chi connectivity index (χ0n) is 12.5. The van der Waals surface area contributed by atoms with Crippen LogP contribution in [-0.2, 0) is 7.05 Å². The average Bonchev–Trinajstić information content (AvgIpc) is 2.95. The van der Waals surface area contributed by atoms with Crippen LogP contribution in [0.1, 0.15) is 24.9 Å². The molecular formula is C14H9Cl6N3O2. The van der Waals surface area contributed by atoms with E-state index in [0.717, 1.165) is 4.57 Å². The van der Waals surface area contributed by atoms with Crippen LogP contribution in [0, 0.1) is 0 Å². The fourth-order valence-electron chi connectivity index (χ4n) is 4.81. The molecule has 5 nitrogen and oxygen atoms in total. The molecule has 0 saturated heterocycles. The minimum atomic E-state index is -1.73. The Labute approximate surface area is 171 Å². The van der Waals surface area contributed by atoms with Gasteiger partial charge in [0.15, 0.2) is 4.33 Å². The third kappa shape index (κ3) is 1.40. The van der Waals surface area contributed by atoms with E-state index in [9.17, 15) is 9.59 Å². The minimum Gasteiger partial charge on any atom is -0.246 e. The number of halogens is 6. The van der Waals surface area contributed by atoms with Gasteiger partial charge in [0.05, 0.1) is 22.1 Å². The van der Waals surface area contributed by atoms with Crippen LogP contribution in [0.2, 0.25) is 0 Å². The van der Waals surface area contributed by atoms with E-state index in [2.05, 4.69) is 0 Å². The molecule has 4 bridgehead atoms. The van der Waals surface area contributed by atoms with Gasteiger partial charge in [-0.15, -0.1) is 23.2 Å². The van der Waals surface area contributed by atoms with Crippen LogP contribution in [0.3, 0.4) is 0 Å². The Morgan fingerprint density at radius 2 is 1.20 bits per heavy atom. The van der Waals surface area contributed by atoms with E-state index in [1.54, 1.807) is 0 Å². The van der Waals surface area contributed by atoms with E-state index in [0.29, 0.717) is 24.0 Å². The van der Waals surface area contributed by atoms with Crippen LogP contribution in [0.4, 0.5) is 0 Å². The maximum absolute atomic E-state index is 12.6. The van der Waals surface area contributed by atoms with Crippen molar-refractivity contribution in [3.05, 3.63) is 42.2 Å². The van der Waals surface area contributed by atoms with E-state index in [-0.39, 0.29) is 10.1 Å². The van der Waals surface area contributed by atoms with Crippen molar-refractivity contribution in [3.8, 4) is 0 Å². The summed E-state index contributed by atoms with van der Waals surface area (Å²) in [7, 11) is 1.43. The highest BCUT2D eigenvalue weighted by molar-refractivity contribution is 6.67. The standard InChI is InChI=1S/C14H9Cl6N3O2/c1-21-10(24)22-4-2-3-5(23(22)11(21)25)7-6(4)12(17)8(15)9(16)13(7,18)14(12,19)20/h4-5H,2-3H2,1H3/t4-,5+,12-,13+. The lowest BCUT2D eigenvalue weighted by Crippen LogP contribution is -2.48. The molecule has 134 valence electrons. The Bertz CT molecular complexity index is 984. The maximum atomic E-state index is 12.6. The first-order chi connectivity index (χ1) is 11.5. The van der Waals surface area contributed by atoms with Crippen LogP contribution in [-0.4, -0.2) is 28.0 Å². The van der Waals surface area contributed by atoms with Gasteiger partial charge in [0.2, 0.25) is 0 Å². The molecule has 0 aromatic carbocycles. The van der Waals surface area contributed by atoms with E-state index in [4.69, 9.17) is 69.6 Å². The van der Waals surface area contributed by atoms with Crippen LogP contribution in [0.15, 0.2) is 30.8 Å². The zero-order chi connectivity index (χ0) is 18.3. The van der Waals surface area contributed by atoms with Crippen molar-refractivity contribution in [3.63, 3.8) is 0 Å². The summed E-state index contributed by atoms with van der Waals surface area (Å²) in [5.74, 6) is 0. The third-order valence-corrected chi connectivity index (χ3v) is 9.97. The van der Waals surface area contributed by atoms with Crippen molar-refractivity contribution >= 4 is 69.6 Å². The molecule has 0 fully saturated rings. The Morgan fingerprint density at radius 1 is 0.840 bits per heavy atom. The Balaban J connectivity index is 1.91. The fraction of sp³-hybridized carbons (Fsp3) is 0.571. The van der Waals surface area contributed by atoms with Crippen LogP contribution in [0.25, 0.3) is 0 Å². The number of rotatable bonds is 0. The van der Waals surface area contributed by atoms with E-state index in [1.165, 1.54) is 16.4 Å². The second-order valence-corrected chi connectivity index (χ2v) is 9.99. The summed E-state index contributed by atoms with van der Waals surface area (Å²) in [5.41, 5.74) is 0.317. The van der Waals surface area contributed by atoms with Gasteiger partial charge < -0.3 is 0 Å². The van der Waals surface area contributed by atoms with Crippen molar-refractivity contribution in [2.24, 2.45) is 7.05 Å². The molecule has 25 heavy (non-hydrogen) atoms. The molecule has 1 aromatic heterocycles. The highest BCUT2D eigenvalue weighted by Crippen LogP contribution is 2.78. The first kappa shape index (κ1) is 17.1. The second-order valence-electron chi connectivity index (χ2n) is 6.77. The summed E-state index contributed by atoms with van der Waals surface area (Å²) in [6, 6.07) is -1.01. The summed E-state index contributed by atoms with van der Waals surface area (Å²) in [6.45, 7) is 0. The molecule has 0 amide bonds. The lowest BCUT2D eigenvalue weighted by molar-refractivity contribution is 0.226. The Hall–Kier alpha value is -0.0400. The van der Waals surface area contributed by atoms with Crippen LogP contribution >= 0.6 is 69.6 Å². The Morgan fingerprint density at radius 3 is 1.56 bits per heavy atom. The molecule has 4 atom stereocenters. The summed E-state index contributed by atoms with van der Waals surface area (Å²) in [6.07, 6.45) is 1.19. The van der Waals surface area contributed by atoms with Gasteiger partial charge in [-0.1, -0.05) is 46.4 Å². The van der Waals surface area contributed by atoms with Gasteiger partial charge in [0.25, 0.3) is 0 Å². The summed E-state index contributed by atoms with van der Waals surface area (Å²) >= 11 is 39.8. The predicted octanol–water partition coefficient (Wildman–Crippen LogP) is 3.38. The first-order valence-corrected chi connectivity index (χ1v) is 9.76. The van der Waals surface area contributed by atoms with Crippen molar-refractivity contribution < 1.29 is 0 Å². The average molecular weight is 464 g/mol. The summed E-state index contributed by atoms with van der Waals surface area (Å²) < 4.78 is 2.13. The van der Waals surface area contributed by atoms with Gasteiger partial charge in [0, 0.05) is 7.05 Å². The molecule has 0 saturated carbocycles. The predicted molar refractivity (Wildman–Crippen MR) is 98.6 cm³/mol. The number of fused-ring (bicyclic) bond motifs is 3. The minimum absolute atomic E-state index is 0.0695. The molecule has 0 N–H and O–H groups in total. The molecule has 1 aromatic rings. The van der Waals surface area contributed by atoms with Crippen molar-refractivity contribution in [1.82, 2.24) is 13.9 Å². The van der Waals surface area contributed by atoms with Gasteiger partial charge in [-0.25, -0.2) is 23.5 Å². The zero-order valence-corrected chi connectivity index (χ0v) is 17.0. The highest BCUT2D eigenvalue weighted by Gasteiger charge is 2.81. The third-order valence-electron chi connectivity index (χ3n) is 5.86. The quantitative estimate of drug-likeness (QED) is 0.437. The summed E-state index contributed by atoms with van der Waals surface area (Å²) in [5, 5.41) is 0.139. The number of aromatic nitrogens is 3. The fourth-order valence-corrected chi connectivity index (χ4v) is 7.64. The largest absolute Gasteiger partial charge is 0.347 e. The van der Waals surface area contributed by atoms with Gasteiger partial charge in [-0.05, 0) is 24.0 Å². The van der Waals surface area contributed by atoms with Gasteiger partial charge in [-0.3, -0.25) is 0 Å². The molecule has 3 heterocycles. The molecule has 3 aliphatic carbocycles. The molecule has 6 rings (SSSR count). The monoisotopic (exact) mass is 461 g/mol. The second kappa shape index (κ2) is 4.50. The topological polar surface area (TPSA) is 48.9 Å². The summed E-state index contributed by atoms with van der Waals surface area (Å²) in [4.78, 5) is 22.1. The first-order valence-electron chi connectivity index (χ1n) is 7.49.